The van der Waals surface area contributed by atoms with Crippen LogP contribution in [-0.4, -0.2) is 23.0 Å². The highest BCUT2D eigenvalue weighted by Gasteiger charge is 2.19. The average molecular weight is 323 g/mol. The largest absolute Gasteiger partial charge is 0.367 e. The minimum atomic E-state index is -0.625. The Hall–Kier alpha value is -2.66. The number of rotatable bonds is 5. The van der Waals surface area contributed by atoms with Crippen LogP contribution in [0.2, 0.25) is 0 Å². The van der Waals surface area contributed by atoms with Crippen LogP contribution < -0.4 is 5.32 Å². The number of carbonyl (C=O) groups is 1. The summed E-state index contributed by atoms with van der Waals surface area (Å²) in [6, 6.07) is 13.5. The lowest BCUT2D eigenvalue weighted by Crippen LogP contribution is -2.30. The van der Waals surface area contributed by atoms with Crippen molar-refractivity contribution in [3.05, 3.63) is 65.0 Å². The molecule has 1 atom stereocenters. The van der Waals surface area contributed by atoms with E-state index in [1.54, 1.807) is 0 Å². The molecular formula is C19H21N3O2. The van der Waals surface area contributed by atoms with Gasteiger partial charge in [-0.1, -0.05) is 36.4 Å². The highest BCUT2D eigenvalue weighted by molar-refractivity contribution is 5.82. The molecule has 0 radical (unpaired) electrons. The Morgan fingerprint density at radius 3 is 2.67 bits per heavy atom. The van der Waals surface area contributed by atoms with E-state index in [9.17, 15) is 4.79 Å². The fraction of sp³-hybridized carbons (Fsp3) is 0.263. The van der Waals surface area contributed by atoms with Crippen LogP contribution in [0, 0.1) is 13.8 Å². The van der Waals surface area contributed by atoms with Crippen LogP contribution >= 0.6 is 0 Å². The van der Waals surface area contributed by atoms with Crippen molar-refractivity contribution in [2.24, 2.45) is 0 Å². The summed E-state index contributed by atoms with van der Waals surface area (Å²) in [5, 5.41) is 2.89. The van der Waals surface area contributed by atoms with Gasteiger partial charge >= 0.3 is 0 Å². The molecule has 0 aliphatic carbocycles. The van der Waals surface area contributed by atoms with E-state index in [1.165, 1.54) is 12.7 Å². The van der Waals surface area contributed by atoms with Gasteiger partial charge in [0.2, 0.25) is 0 Å². The lowest BCUT2D eigenvalue weighted by Gasteiger charge is -2.15. The number of hydrogen-bond donors (Lipinski definition) is 2. The van der Waals surface area contributed by atoms with Gasteiger partial charge in [0.05, 0.1) is 17.6 Å². The normalized spacial score (nSPS) is 12.3. The van der Waals surface area contributed by atoms with Crippen molar-refractivity contribution in [3.8, 4) is 0 Å². The summed E-state index contributed by atoms with van der Waals surface area (Å²) < 4.78 is 5.34. The van der Waals surface area contributed by atoms with Crippen LogP contribution in [0.5, 0.6) is 0 Å². The van der Waals surface area contributed by atoms with Gasteiger partial charge in [0, 0.05) is 7.11 Å². The quantitative estimate of drug-likeness (QED) is 0.758. The van der Waals surface area contributed by atoms with E-state index in [-0.39, 0.29) is 5.91 Å². The predicted molar refractivity (Wildman–Crippen MR) is 93.6 cm³/mol. The Morgan fingerprint density at radius 1 is 1.21 bits per heavy atom. The molecule has 3 rings (SSSR count). The number of methoxy groups -OCH3 is 1. The number of aromatic amines is 1. The molecule has 0 bridgehead atoms. The van der Waals surface area contributed by atoms with Crippen molar-refractivity contribution in [3.63, 3.8) is 0 Å². The number of carbonyl (C=O) groups excluding carboxylic acids is 1. The molecule has 1 heterocycles. The fourth-order valence-electron chi connectivity index (χ4n) is 2.73. The second-order valence-electron chi connectivity index (χ2n) is 5.83. The number of fused-ring (bicyclic) bond motifs is 1. The van der Waals surface area contributed by atoms with Gasteiger partial charge in [0.1, 0.15) is 5.82 Å². The maximum atomic E-state index is 12.4. The molecule has 2 N–H and O–H groups in total. The Balaban J connectivity index is 1.73. The highest BCUT2D eigenvalue weighted by atomic mass is 16.5. The number of aromatic nitrogens is 2. The third-order valence-electron chi connectivity index (χ3n) is 4.23. The molecule has 124 valence electrons. The monoisotopic (exact) mass is 323 g/mol. The van der Waals surface area contributed by atoms with Crippen molar-refractivity contribution < 1.29 is 9.53 Å². The Bertz CT molecular complexity index is 856. The number of aryl methyl sites for hydroxylation is 2. The number of H-pyrrole nitrogens is 1. The van der Waals surface area contributed by atoms with Crippen molar-refractivity contribution in [2.45, 2.75) is 26.5 Å². The third-order valence-corrected chi connectivity index (χ3v) is 4.23. The lowest BCUT2D eigenvalue weighted by molar-refractivity contribution is -0.131. The first-order valence-electron chi connectivity index (χ1n) is 7.90. The standard InChI is InChI=1S/C19H21N3O2/c1-12-9-10-15-17(13(12)2)22-16(21-15)11-20-19(23)18(24-3)14-7-5-4-6-8-14/h4-10,18H,11H2,1-3H3,(H,20,23)(H,21,22)/t18-/m0/s1. The summed E-state index contributed by atoms with van der Waals surface area (Å²) in [4.78, 5) is 20.2. The Morgan fingerprint density at radius 2 is 1.96 bits per heavy atom. The van der Waals surface area contributed by atoms with E-state index in [1.807, 2.05) is 36.4 Å². The maximum absolute atomic E-state index is 12.4. The molecule has 5 heteroatoms. The number of nitrogens with zero attached hydrogens (tertiary/aromatic N) is 1. The van der Waals surface area contributed by atoms with Crippen LogP contribution in [0.4, 0.5) is 0 Å². The zero-order chi connectivity index (χ0) is 17.1. The molecule has 5 nitrogen and oxygen atoms in total. The number of hydrogen-bond acceptors (Lipinski definition) is 3. The molecule has 0 saturated heterocycles. The van der Waals surface area contributed by atoms with Crippen LogP contribution in [0.15, 0.2) is 42.5 Å². The van der Waals surface area contributed by atoms with Gasteiger partial charge < -0.3 is 15.0 Å². The first-order valence-corrected chi connectivity index (χ1v) is 7.90. The van der Waals surface area contributed by atoms with Gasteiger partial charge in [0.15, 0.2) is 6.10 Å². The first-order chi connectivity index (χ1) is 11.6. The first kappa shape index (κ1) is 16.2. The summed E-state index contributed by atoms with van der Waals surface area (Å²) in [6.45, 7) is 4.45. The molecule has 2 aromatic carbocycles. The van der Waals surface area contributed by atoms with Gasteiger partial charge in [0.25, 0.3) is 5.91 Å². The minimum absolute atomic E-state index is 0.183. The fourth-order valence-corrected chi connectivity index (χ4v) is 2.73. The lowest BCUT2D eigenvalue weighted by atomic mass is 10.1. The van der Waals surface area contributed by atoms with Gasteiger partial charge in [-0.25, -0.2) is 4.98 Å². The van der Waals surface area contributed by atoms with E-state index < -0.39 is 6.10 Å². The van der Waals surface area contributed by atoms with Crippen LogP contribution in [-0.2, 0) is 16.1 Å². The molecular weight excluding hydrogens is 302 g/mol. The molecule has 0 fully saturated rings. The second kappa shape index (κ2) is 6.84. The second-order valence-corrected chi connectivity index (χ2v) is 5.83. The molecule has 0 aliphatic rings. The molecule has 1 amide bonds. The molecule has 0 spiro atoms. The van der Waals surface area contributed by atoms with Gasteiger partial charge in [-0.15, -0.1) is 0 Å². The number of benzene rings is 2. The third kappa shape index (κ3) is 3.16. The van der Waals surface area contributed by atoms with Crippen molar-refractivity contribution in [2.75, 3.05) is 7.11 Å². The zero-order valence-corrected chi connectivity index (χ0v) is 14.1. The van der Waals surface area contributed by atoms with Crippen LogP contribution in [0.25, 0.3) is 11.0 Å². The smallest absolute Gasteiger partial charge is 0.254 e. The number of amides is 1. The van der Waals surface area contributed by atoms with Gasteiger partial charge in [-0.3, -0.25) is 4.79 Å². The van der Waals surface area contributed by atoms with E-state index in [0.29, 0.717) is 6.54 Å². The number of nitrogens with one attached hydrogen (secondary N) is 2. The summed E-state index contributed by atoms with van der Waals surface area (Å²) in [5.41, 5.74) is 5.11. The van der Waals surface area contributed by atoms with Gasteiger partial charge in [-0.05, 0) is 36.6 Å². The maximum Gasteiger partial charge on any atom is 0.254 e. The Labute approximate surface area is 141 Å². The Kier molecular flexibility index (Phi) is 4.62. The molecule has 1 aromatic heterocycles. The summed E-state index contributed by atoms with van der Waals surface area (Å²) >= 11 is 0. The summed E-state index contributed by atoms with van der Waals surface area (Å²) in [6.07, 6.45) is -0.625. The number of ether oxygens (including phenoxy) is 1. The summed E-state index contributed by atoms with van der Waals surface area (Å²) in [7, 11) is 1.53. The topological polar surface area (TPSA) is 67.0 Å². The predicted octanol–water partition coefficient (Wildman–Crippen LogP) is 3.18. The molecule has 0 unspecified atom stereocenters. The molecule has 24 heavy (non-hydrogen) atoms. The van der Waals surface area contributed by atoms with Crippen molar-refractivity contribution in [1.29, 1.82) is 0 Å². The SMILES string of the molecule is CO[C@H](C(=O)NCc1nc2c(C)c(C)ccc2[nH]1)c1ccccc1. The highest BCUT2D eigenvalue weighted by Crippen LogP contribution is 2.20. The van der Waals surface area contributed by atoms with Crippen LogP contribution in [0.1, 0.15) is 28.6 Å². The molecule has 0 aliphatic heterocycles. The van der Waals surface area contributed by atoms with E-state index in [2.05, 4.69) is 35.2 Å². The number of imidazole rings is 1. The average Bonchev–Trinajstić information content (AvgIpc) is 3.02. The minimum Gasteiger partial charge on any atom is -0.367 e. The molecule has 0 saturated carbocycles. The van der Waals surface area contributed by atoms with E-state index in [4.69, 9.17) is 4.74 Å². The van der Waals surface area contributed by atoms with Crippen molar-refractivity contribution in [1.82, 2.24) is 15.3 Å². The molecule has 3 aromatic rings. The van der Waals surface area contributed by atoms with Crippen molar-refractivity contribution >= 4 is 16.9 Å². The summed E-state index contributed by atoms with van der Waals surface area (Å²) in [5.74, 6) is 0.548. The zero-order valence-electron chi connectivity index (χ0n) is 14.1. The van der Waals surface area contributed by atoms with Crippen LogP contribution in [0.3, 0.4) is 0 Å². The van der Waals surface area contributed by atoms with Gasteiger partial charge in [-0.2, -0.15) is 0 Å². The van der Waals surface area contributed by atoms with E-state index in [0.717, 1.165) is 28.0 Å². The van der Waals surface area contributed by atoms with E-state index >= 15 is 0 Å².